The highest BCUT2D eigenvalue weighted by molar-refractivity contribution is 9.10. The quantitative estimate of drug-likeness (QED) is 0.701. The summed E-state index contributed by atoms with van der Waals surface area (Å²) in [5.74, 6) is 0.0696. The van der Waals surface area contributed by atoms with Crippen molar-refractivity contribution in [2.75, 3.05) is 6.54 Å². The fraction of sp³-hybridized carbons (Fsp3) is 0.267. The number of nitrogens with one attached hydrogen (secondary N) is 1. The number of rotatable bonds is 6. The molecule has 0 aliphatic rings. The molecule has 0 spiro atoms. The molecule has 1 heterocycles. The minimum atomic E-state index is -1.31. The largest absolute Gasteiger partial charge is 0.445 e. The number of ether oxygens (including phenoxy) is 1. The maximum absolute atomic E-state index is 11.6. The van der Waals surface area contributed by atoms with Crippen molar-refractivity contribution in [3.8, 4) is 0 Å². The van der Waals surface area contributed by atoms with E-state index >= 15 is 0 Å². The zero-order valence-electron chi connectivity index (χ0n) is 12.1. The first kappa shape index (κ1) is 17.3. The molecule has 122 valence electrons. The Hall–Kier alpha value is -2.03. The molecule has 1 aromatic carbocycles. The average Bonchev–Trinajstić information content (AvgIpc) is 2.58. The number of amides is 1. The summed E-state index contributed by atoms with van der Waals surface area (Å²) in [5, 5.41) is 22.2. The lowest BCUT2D eigenvalue weighted by Crippen LogP contribution is -2.36. The van der Waals surface area contributed by atoms with Gasteiger partial charge in [0.1, 0.15) is 18.8 Å². The molecule has 1 amide bonds. The fourth-order valence-corrected chi connectivity index (χ4v) is 1.93. The van der Waals surface area contributed by atoms with E-state index in [4.69, 9.17) is 4.74 Å². The molecule has 0 aliphatic carbocycles. The van der Waals surface area contributed by atoms with Gasteiger partial charge >= 0.3 is 6.09 Å². The maximum Gasteiger partial charge on any atom is 0.407 e. The number of aliphatic hydroxyl groups is 2. The first-order valence-corrected chi connectivity index (χ1v) is 7.63. The lowest BCUT2D eigenvalue weighted by Gasteiger charge is -2.17. The molecule has 23 heavy (non-hydrogen) atoms. The van der Waals surface area contributed by atoms with Gasteiger partial charge in [-0.2, -0.15) is 0 Å². The van der Waals surface area contributed by atoms with Gasteiger partial charge in [0.25, 0.3) is 0 Å². The topological polar surface area (TPSA) is 105 Å². The van der Waals surface area contributed by atoms with Gasteiger partial charge < -0.3 is 20.3 Å². The first-order chi connectivity index (χ1) is 11.1. The Morgan fingerprint density at radius 3 is 2.52 bits per heavy atom. The number of carbonyl (C=O) groups is 1. The van der Waals surface area contributed by atoms with Gasteiger partial charge in [0.15, 0.2) is 5.82 Å². The van der Waals surface area contributed by atoms with E-state index in [9.17, 15) is 15.0 Å². The third kappa shape index (κ3) is 5.59. The Labute approximate surface area is 141 Å². The zero-order chi connectivity index (χ0) is 16.7. The van der Waals surface area contributed by atoms with Crippen LogP contribution in [0.2, 0.25) is 0 Å². The van der Waals surface area contributed by atoms with Crippen molar-refractivity contribution in [3.63, 3.8) is 0 Å². The van der Waals surface area contributed by atoms with Crippen LogP contribution in [-0.2, 0) is 11.3 Å². The fourth-order valence-electron chi connectivity index (χ4n) is 1.72. The van der Waals surface area contributed by atoms with Gasteiger partial charge in [0.2, 0.25) is 0 Å². The smallest absolute Gasteiger partial charge is 0.407 e. The van der Waals surface area contributed by atoms with E-state index in [1.54, 1.807) is 0 Å². The second-order valence-corrected chi connectivity index (χ2v) is 5.63. The van der Waals surface area contributed by atoms with Gasteiger partial charge in [-0.1, -0.05) is 30.3 Å². The van der Waals surface area contributed by atoms with Crippen LogP contribution in [0.1, 0.15) is 17.5 Å². The molecule has 7 nitrogen and oxygen atoms in total. The number of alkyl carbamates (subject to hydrolysis) is 1. The number of aromatic nitrogens is 2. The molecule has 0 bridgehead atoms. The summed E-state index contributed by atoms with van der Waals surface area (Å²) < 4.78 is 5.66. The van der Waals surface area contributed by atoms with E-state index < -0.39 is 18.3 Å². The van der Waals surface area contributed by atoms with Crippen molar-refractivity contribution in [1.82, 2.24) is 15.3 Å². The summed E-state index contributed by atoms with van der Waals surface area (Å²) in [6.07, 6.45) is -0.325. The second kappa shape index (κ2) is 8.56. The van der Waals surface area contributed by atoms with Gasteiger partial charge in [-0.15, -0.1) is 0 Å². The standard InChI is InChI=1S/C15H16BrN3O4/c16-11-6-17-14(18-7-11)13(21)12(20)8-19-15(22)23-9-10-4-2-1-3-5-10/h1-7,12-13,20-21H,8-9H2,(H,19,22). The molecule has 2 unspecified atom stereocenters. The number of nitrogens with zero attached hydrogens (tertiary/aromatic N) is 2. The zero-order valence-corrected chi connectivity index (χ0v) is 13.7. The summed E-state index contributed by atoms with van der Waals surface area (Å²) in [6, 6.07) is 9.21. The lowest BCUT2D eigenvalue weighted by atomic mass is 10.2. The van der Waals surface area contributed by atoms with Crippen LogP contribution in [0.5, 0.6) is 0 Å². The van der Waals surface area contributed by atoms with Gasteiger partial charge in [0, 0.05) is 18.9 Å². The predicted molar refractivity (Wildman–Crippen MR) is 85.3 cm³/mol. The molecule has 8 heteroatoms. The molecule has 2 aromatic rings. The van der Waals surface area contributed by atoms with Gasteiger partial charge in [0.05, 0.1) is 4.47 Å². The SMILES string of the molecule is O=C(NCC(O)C(O)c1ncc(Br)cn1)OCc1ccccc1. The highest BCUT2D eigenvalue weighted by Crippen LogP contribution is 2.13. The van der Waals surface area contributed by atoms with E-state index in [-0.39, 0.29) is 19.0 Å². The van der Waals surface area contributed by atoms with E-state index in [0.29, 0.717) is 4.47 Å². The Kier molecular flexibility index (Phi) is 6.45. The Balaban J connectivity index is 1.75. The minimum absolute atomic E-state index is 0.0696. The number of hydrogen-bond acceptors (Lipinski definition) is 6. The molecule has 3 N–H and O–H groups in total. The van der Waals surface area contributed by atoms with Crippen LogP contribution in [0.4, 0.5) is 4.79 Å². The van der Waals surface area contributed by atoms with E-state index in [1.807, 2.05) is 30.3 Å². The Morgan fingerprint density at radius 1 is 1.22 bits per heavy atom. The molecule has 1 aromatic heterocycles. The summed E-state index contributed by atoms with van der Waals surface area (Å²) in [7, 11) is 0. The van der Waals surface area contributed by atoms with Crippen LogP contribution in [0.3, 0.4) is 0 Å². The third-order valence-corrected chi connectivity index (χ3v) is 3.35. The molecule has 0 saturated carbocycles. The monoisotopic (exact) mass is 381 g/mol. The van der Waals surface area contributed by atoms with Crippen molar-refractivity contribution in [2.45, 2.75) is 18.8 Å². The normalized spacial score (nSPS) is 13.2. The highest BCUT2D eigenvalue weighted by Gasteiger charge is 2.21. The molecule has 0 radical (unpaired) electrons. The molecule has 0 aliphatic heterocycles. The second-order valence-electron chi connectivity index (χ2n) is 4.71. The van der Waals surface area contributed by atoms with Gasteiger partial charge in [-0.25, -0.2) is 14.8 Å². The van der Waals surface area contributed by atoms with Gasteiger partial charge in [-0.05, 0) is 21.5 Å². The van der Waals surface area contributed by atoms with Crippen LogP contribution in [-0.4, -0.2) is 38.9 Å². The highest BCUT2D eigenvalue weighted by atomic mass is 79.9. The molecule has 0 fully saturated rings. The molecule has 2 atom stereocenters. The van der Waals surface area contributed by atoms with E-state index in [1.165, 1.54) is 12.4 Å². The summed E-state index contributed by atoms with van der Waals surface area (Å²) in [6.45, 7) is -0.0602. The summed E-state index contributed by atoms with van der Waals surface area (Å²) in [4.78, 5) is 19.3. The number of benzene rings is 1. The van der Waals surface area contributed by atoms with Crippen molar-refractivity contribution in [2.24, 2.45) is 0 Å². The molecular formula is C15H16BrN3O4. The van der Waals surface area contributed by atoms with E-state index in [2.05, 4.69) is 31.2 Å². The van der Waals surface area contributed by atoms with Crippen molar-refractivity contribution in [3.05, 3.63) is 58.6 Å². The molecule has 2 rings (SSSR count). The predicted octanol–water partition coefficient (Wildman–Crippen LogP) is 1.56. The van der Waals surface area contributed by atoms with Crippen LogP contribution in [0.15, 0.2) is 47.2 Å². The summed E-state index contributed by atoms with van der Waals surface area (Å²) in [5.41, 5.74) is 0.853. The average molecular weight is 382 g/mol. The number of aliphatic hydroxyl groups excluding tert-OH is 2. The lowest BCUT2D eigenvalue weighted by molar-refractivity contribution is 0.0132. The summed E-state index contributed by atoms with van der Waals surface area (Å²) >= 11 is 3.18. The molecular weight excluding hydrogens is 366 g/mol. The first-order valence-electron chi connectivity index (χ1n) is 6.84. The van der Waals surface area contributed by atoms with Crippen molar-refractivity contribution >= 4 is 22.0 Å². The number of carbonyl (C=O) groups excluding carboxylic acids is 1. The van der Waals surface area contributed by atoms with Crippen molar-refractivity contribution in [1.29, 1.82) is 0 Å². The van der Waals surface area contributed by atoms with E-state index in [0.717, 1.165) is 5.56 Å². The van der Waals surface area contributed by atoms with Crippen LogP contribution >= 0.6 is 15.9 Å². The Bertz CT molecular complexity index is 624. The molecule has 0 saturated heterocycles. The number of halogens is 1. The van der Waals surface area contributed by atoms with Crippen LogP contribution in [0.25, 0.3) is 0 Å². The number of hydrogen-bond donors (Lipinski definition) is 3. The Morgan fingerprint density at radius 2 is 1.87 bits per heavy atom. The third-order valence-electron chi connectivity index (χ3n) is 2.94. The van der Waals surface area contributed by atoms with Crippen molar-refractivity contribution < 1.29 is 19.7 Å². The van der Waals surface area contributed by atoms with Gasteiger partial charge in [-0.3, -0.25) is 0 Å². The maximum atomic E-state index is 11.6. The minimum Gasteiger partial charge on any atom is -0.445 e. The van der Waals surface area contributed by atoms with Crippen LogP contribution < -0.4 is 5.32 Å². The van der Waals surface area contributed by atoms with Crippen LogP contribution in [0, 0.1) is 0 Å².